The minimum absolute atomic E-state index is 0.712. The van der Waals surface area contributed by atoms with Gasteiger partial charge in [0.25, 0.3) is 0 Å². The van der Waals surface area contributed by atoms with Crippen LogP contribution >= 0.6 is 0 Å². The summed E-state index contributed by atoms with van der Waals surface area (Å²) in [5, 5.41) is 6.75. The van der Waals surface area contributed by atoms with E-state index in [4.69, 9.17) is 0 Å². The smallest absolute Gasteiger partial charge is 0.00619 e. The molecule has 2 N–H and O–H groups in total. The molecule has 0 aliphatic rings. The molecule has 1 atom stereocenters. The third kappa shape index (κ3) is 5.56. The van der Waals surface area contributed by atoms with Crippen LogP contribution in [0.25, 0.3) is 0 Å². The lowest BCUT2D eigenvalue weighted by Gasteiger charge is -2.18. The molecular weight excluding hydrogens is 148 g/mol. The highest BCUT2D eigenvalue weighted by atomic mass is 14.9. The molecule has 1 unspecified atom stereocenters. The van der Waals surface area contributed by atoms with E-state index >= 15 is 0 Å². The summed E-state index contributed by atoms with van der Waals surface area (Å²) >= 11 is 0. The maximum Gasteiger partial charge on any atom is 0.00619 e. The van der Waals surface area contributed by atoms with Crippen molar-refractivity contribution in [3.05, 3.63) is 0 Å². The van der Waals surface area contributed by atoms with Gasteiger partial charge in [-0.05, 0) is 38.9 Å². The van der Waals surface area contributed by atoms with Crippen LogP contribution in [0.2, 0.25) is 0 Å². The van der Waals surface area contributed by atoms with Crippen molar-refractivity contribution in [1.29, 1.82) is 0 Å². The van der Waals surface area contributed by atoms with Crippen LogP contribution in [0.5, 0.6) is 0 Å². The van der Waals surface area contributed by atoms with Crippen molar-refractivity contribution in [3.63, 3.8) is 0 Å². The Balaban J connectivity index is 3.37. The molecule has 0 aromatic carbocycles. The maximum atomic E-state index is 3.56. The second kappa shape index (κ2) is 7.56. The minimum atomic E-state index is 0.712. The van der Waals surface area contributed by atoms with Gasteiger partial charge >= 0.3 is 0 Å². The van der Waals surface area contributed by atoms with Gasteiger partial charge in [-0.2, -0.15) is 0 Å². The Morgan fingerprint density at radius 2 is 1.67 bits per heavy atom. The Bertz CT molecular complexity index is 89.8. The fraction of sp³-hybridized carbons (Fsp3) is 1.00. The molecule has 0 rings (SSSR count). The van der Waals surface area contributed by atoms with Gasteiger partial charge in [-0.3, -0.25) is 0 Å². The molecule has 0 saturated heterocycles. The molecule has 0 fully saturated rings. The summed E-state index contributed by atoms with van der Waals surface area (Å²) in [4.78, 5) is 0. The third-order valence-corrected chi connectivity index (χ3v) is 2.29. The predicted octanol–water partition coefficient (Wildman–Crippen LogP) is 1.62. The van der Waals surface area contributed by atoms with E-state index in [0.29, 0.717) is 6.04 Å². The van der Waals surface area contributed by atoms with Crippen molar-refractivity contribution in [2.45, 2.75) is 39.7 Å². The first-order valence-electron chi connectivity index (χ1n) is 5.12. The molecule has 74 valence electrons. The van der Waals surface area contributed by atoms with Gasteiger partial charge in [0, 0.05) is 6.04 Å². The van der Waals surface area contributed by atoms with Crippen molar-refractivity contribution in [3.8, 4) is 0 Å². The average Bonchev–Trinajstić information content (AvgIpc) is 2.07. The normalized spacial score (nSPS) is 13.8. The first kappa shape index (κ1) is 11.9. The van der Waals surface area contributed by atoms with Crippen LogP contribution in [0.15, 0.2) is 0 Å². The molecule has 0 aliphatic heterocycles. The van der Waals surface area contributed by atoms with E-state index in [1.54, 1.807) is 0 Å². The van der Waals surface area contributed by atoms with Gasteiger partial charge in [0.1, 0.15) is 0 Å². The van der Waals surface area contributed by atoms with Crippen molar-refractivity contribution < 1.29 is 0 Å². The quantitative estimate of drug-likeness (QED) is 0.610. The third-order valence-electron chi connectivity index (χ3n) is 2.29. The van der Waals surface area contributed by atoms with Gasteiger partial charge in [0.05, 0.1) is 0 Å². The summed E-state index contributed by atoms with van der Waals surface area (Å²) in [5.41, 5.74) is 0. The SMILES string of the molecule is CCC(CC)NCC(C)CNC. The molecule has 0 aromatic rings. The Morgan fingerprint density at radius 1 is 1.08 bits per heavy atom. The van der Waals surface area contributed by atoms with Gasteiger partial charge < -0.3 is 10.6 Å². The predicted molar refractivity (Wildman–Crippen MR) is 55.5 cm³/mol. The molecule has 0 radical (unpaired) electrons. The van der Waals surface area contributed by atoms with Gasteiger partial charge in [0.2, 0.25) is 0 Å². The maximum absolute atomic E-state index is 3.56. The largest absolute Gasteiger partial charge is 0.319 e. The van der Waals surface area contributed by atoms with Crippen molar-refractivity contribution in [1.82, 2.24) is 10.6 Å². The van der Waals surface area contributed by atoms with Crippen molar-refractivity contribution >= 4 is 0 Å². The van der Waals surface area contributed by atoms with E-state index in [1.165, 1.54) is 12.8 Å². The first-order chi connectivity index (χ1) is 5.74. The summed E-state index contributed by atoms with van der Waals surface area (Å²) < 4.78 is 0. The van der Waals surface area contributed by atoms with Crippen molar-refractivity contribution in [2.75, 3.05) is 20.1 Å². The van der Waals surface area contributed by atoms with E-state index in [0.717, 1.165) is 19.0 Å². The zero-order chi connectivity index (χ0) is 9.40. The lowest BCUT2D eigenvalue weighted by molar-refractivity contribution is 0.420. The molecular formula is C10H24N2. The lowest BCUT2D eigenvalue weighted by atomic mass is 10.1. The Morgan fingerprint density at radius 3 is 2.08 bits per heavy atom. The number of hydrogen-bond acceptors (Lipinski definition) is 2. The minimum Gasteiger partial charge on any atom is -0.319 e. The van der Waals surface area contributed by atoms with Crippen LogP contribution in [0.4, 0.5) is 0 Å². The molecule has 2 nitrogen and oxygen atoms in total. The van der Waals surface area contributed by atoms with Gasteiger partial charge in [-0.15, -0.1) is 0 Å². The van der Waals surface area contributed by atoms with Crippen LogP contribution in [0.1, 0.15) is 33.6 Å². The van der Waals surface area contributed by atoms with Crippen LogP contribution in [-0.4, -0.2) is 26.2 Å². The highest BCUT2D eigenvalue weighted by Gasteiger charge is 2.04. The standard InChI is InChI=1S/C10H24N2/c1-5-10(6-2)12-8-9(3)7-11-4/h9-12H,5-8H2,1-4H3. The molecule has 0 aliphatic carbocycles. The van der Waals surface area contributed by atoms with Gasteiger partial charge in [-0.25, -0.2) is 0 Å². The summed E-state index contributed by atoms with van der Waals surface area (Å²) in [6.45, 7) is 8.99. The molecule has 0 aromatic heterocycles. The van der Waals surface area contributed by atoms with Gasteiger partial charge in [-0.1, -0.05) is 20.8 Å². The van der Waals surface area contributed by atoms with E-state index in [2.05, 4.69) is 31.4 Å². The summed E-state index contributed by atoms with van der Waals surface area (Å²) in [7, 11) is 2.01. The van der Waals surface area contributed by atoms with E-state index < -0.39 is 0 Å². The summed E-state index contributed by atoms with van der Waals surface area (Å²) in [6, 6.07) is 0.712. The fourth-order valence-corrected chi connectivity index (χ4v) is 1.37. The highest BCUT2D eigenvalue weighted by molar-refractivity contribution is 4.65. The second-order valence-corrected chi connectivity index (χ2v) is 3.58. The van der Waals surface area contributed by atoms with Crippen LogP contribution in [-0.2, 0) is 0 Å². The summed E-state index contributed by atoms with van der Waals surface area (Å²) in [6.07, 6.45) is 2.48. The summed E-state index contributed by atoms with van der Waals surface area (Å²) in [5.74, 6) is 0.732. The van der Waals surface area contributed by atoms with Crippen LogP contribution in [0.3, 0.4) is 0 Å². The van der Waals surface area contributed by atoms with Crippen LogP contribution in [0, 0.1) is 5.92 Å². The molecule has 0 amide bonds. The first-order valence-corrected chi connectivity index (χ1v) is 5.12. The number of hydrogen-bond donors (Lipinski definition) is 2. The molecule has 12 heavy (non-hydrogen) atoms. The average molecular weight is 172 g/mol. The van der Waals surface area contributed by atoms with Gasteiger partial charge in [0.15, 0.2) is 0 Å². The van der Waals surface area contributed by atoms with Crippen molar-refractivity contribution in [2.24, 2.45) is 5.92 Å². The zero-order valence-electron chi connectivity index (χ0n) is 8.98. The molecule has 0 spiro atoms. The monoisotopic (exact) mass is 172 g/mol. The Hall–Kier alpha value is -0.0800. The highest BCUT2D eigenvalue weighted by Crippen LogP contribution is 1.97. The number of rotatable bonds is 7. The zero-order valence-corrected chi connectivity index (χ0v) is 8.98. The van der Waals surface area contributed by atoms with Crippen LogP contribution < -0.4 is 10.6 Å². The molecule has 0 bridgehead atoms. The van der Waals surface area contributed by atoms with E-state index in [1.807, 2.05) is 7.05 Å². The Kier molecular flexibility index (Phi) is 7.51. The second-order valence-electron chi connectivity index (χ2n) is 3.58. The Labute approximate surface area is 77.1 Å². The molecule has 0 heterocycles. The van der Waals surface area contributed by atoms with E-state index in [-0.39, 0.29) is 0 Å². The lowest BCUT2D eigenvalue weighted by Crippen LogP contribution is -2.34. The topological polar surface area (TPSA) is 24.1 Å². The molecule has 0 saturated carbocycles. The fourth-order valence-electron chi connectivity index (χ4n) is 1.37. The number of nitrogens with one attached hydrogen (secondary N) is 2. The van der Waals surface area contributed by atoms with E-state index in [9.17, 15) is 0 Å². The molecule has 2 heteroatoms.